The second kappa shape index (κ2) is 6.27. The summed E-state index contributed by atoms with van der Waals surface area (Å²) in [7, 11) is 0. The molecule has 73 valence electrons. The summed E-state index contributed by atoms with van der Waals surface area (Å²) in [6, 6.07) is 9.20. The second-order valence-corrected chi connectivity index (χ2v) is 2.67. The fourth-order valence-corrected chi connectivity index (χ4v) is 1.00. The van der Waals surface area contributed by atoms with Gasteiger partial charge in [0.2, 0.25) is 0 Å². The molecule has 0 saturated heterocycles. The van der Waals surface area contributed by atoms with Crippen LogP contribution in [0.25, 0.3) is 0 Å². The van der Waals surface area contributed by atoms with Crippen molar-refractivity contribution in [1.82, 2.24) is 0 Å². The summed E-state index contributed by atoms with van der Waals surface area (Å²) in [5.74, 6) is 0.671. The summed E-state index contributed by atoms with van der Waals surface area (Å²) in [5, 5.41) is 10.9. The Balaban J connectivity index is 2.59. The molecule has 0 saturated carbocycles. The molecule has 3 nitrogen and oxygen atoms in total. The zero-order valence-corrected chi connectivity index (χ0v) is 8.33. The second-order valence-electron chi connectivity index (χ2n) is 2.49. The van der Waals surface area contributed by atoms with Crippen molar-refractivity contribution in [3.63, 3.8) is 0 Å². The zero-order chi connectivity index (χ0) is 10.2. The Morgan fingerprint density at radius 2 is 2.14 bits per heavy atom. The average Bonchev–Trinajstić information content (AvgIpc) is 2.20. The van der Waals surface area contributed by atoms with Gasteiger partial charge in [-0.15, -0.1) is 0 Å². The van der Waals surface area contributed by atoms with E-state index in [-0.39, 0.29) is 6.61 Å². The van der Waals surface area contributed by atoms with Gasteiger partial charge in [0.1, 0.15) is 5.75 Å². The van der Waals surface area contributed by atoms with Gasteiger partial charge in [-0.1, -0.05) is 18.2 Å². The highest BCUT2D eigenvalue weighted by Crippen LogP contribution is 2.17. The van der Waals surface area contributed by atoms with Gasteiger partial charge in [0.05, 0.1) is 5.16 Å². The van der Waals surface area contributed by atoms with Gasteiger partial charge in [0.15, 0.2) is 0 Å². The van der Waals surface area contributed by atoms with E-state index in [0.29, 0.717) is 18.4 Å². The molecule has 0 heterocycles. The SMILES string of the molecule is OCC[C](N=C=S)Oc1ccccc1. The Hall–Kier alpha value is -1.22. The maximum Gasteiger partial charge on any atom is 0.271 e. The Morgan fingerprint density at radius 3 is 2.71 bits per heavy atom. The highest BCUT2D eigenvalue weighted by atomic mass is 32.1. The number of thiocarbonyl (C=S) groups is 1. The number of isothiocyanates is 1. The molecule has 0 atom stereocenters. The molecular weight excluding hydrogens is 198 g/mol. The molecule has 0 aliphatic carbocycles. The van der Waals surface area contributed by atoms with Crippen LogP contribution in [0.15, 0.2) is 35.3 Å². The van der Waals surface area contributed by atoms with Crippen LogP contribution in [0.4, 0.5) is 0 Å². The van der Waals surface area contributed by atoms with Crippen molar-refractivity contribution >= 4 is 17.4 Å². The lowest BCUT2D eigenvalue weighted by Gasteiger charge is -2.09. The van der Waals surface area contributed by atoms with Crippen LogP contribution >= 0.6 is 12.2 Å². The molecule has 0 aliphatic rings. The van der Waals surface area contributed by atoms with Crippen molar-refractivity contribution in [2.45, 2.75) is 6.42 Å². The quantitative estimate of drug-likeness (QED) is 0.594. The molecule has 0 unspecified atom stereocenters. The lowest BCUT2D eigenvalue weighted by atomic mass is 10.3. The van der Waals surface area contributed by atoms with Crippen LogP contribution in [-0.4, -0.2) is 16.9 Å². The number of ether oxygens (including phenoxy) is 1. The van der Waals surface area contributed by atoms with Crippen LogP contribution in [0.2, 0.25) is 0 Å². The summed E-state index contributed by atoms with van der Waals surface area (Å²) in [5.41, 5.74) is 0. The predicted molar refractivity (Wildman–Crippen MR) is 57.0 cm³/mol. The third kappa shape index (κ3) is 3.66. The third-order valence-electron chi connectivity index (χ3n) is 1.47. The lowest BCUT2D eigenvalue weighted by Crippen LogP contribution is -2.05. The van der Waals surface area contributed by atoms with Crippen LogP contribution < -0.4 is 4.74 Å². The first-order valence-electron chi connectivity index (χ1n) is 4.14. The number of aliphatic hydroxyl groups is 1. The molecule has 0 spiro atoms. The first-order valence-corrected chi connectivity index (χ1v) is 4.55. The van der Waals surface area contributed by atoms with Crippen molar-refractivity contribution < 1.29 is 9.84 Å². The van der Waals surface area contributed by atoms with Gasteiger partial charge in [-0.3, -0.25) is 0 Å². The standard InChI is InChI=1S/C10H10NO2S/c12-7-6-10(11-8-14)13-9-4-2-1-3-5-9/h1-5,12H,6-7H2. The van der Waals surface area contributed by atoms with Gasteiger partial charge in [-0.05, 0) is 24.4 Å². The smallest absolute Gasteiger partial charge is 0.271 e. The van der Waals surface area contributed by atoms with Crippen LogP contribution in [0.3, 0.4) is 0 Å². The van der Waals surface area contributed by atoms with Crippen LogP contribution in [0.1, 0.15) is 6.42 Å². The van der Waals surface area contributed by atoms with E-state index >= 15 is 0 Å². The van der Waals surface area contributed by atoms with E-state index in [4.69, 9.17) is 9.84 Å². The summed E-state index contributed by atoms with van der Waals surface area (Å²) >= 11 is 4.46. The molecule has 1 aromatic carbocycles. The lowest BCUT2D eigenvalue weighted by molar-refractivity contribution is 0.235. The van der Waals surface area contributed by atoms with Crippen molar-refractivity contribution in [3.05, 3.63) is 36.6 Å². The minimum atomic E-state index is -0.0251. The zero-order valence-electron chi connectivity index (χ0n) is 7.51. The summed E-state index contributed by atoms with van der Waals surface area (Å²) in [6.45, 7) is -0.0251. The molecule has 0 bridgehead atoms. The number of nitrogens with zero attached hydrogens (tertiary/aromatic N) is 1. The third-order valence-corrected chi connectivity index (χ3v) is 1.57. The van der Waals surface area contributed by atoms with Crippen molar-refractivity contribution in [2.75, 3.05) is 6.61 Å². The number of benzene rings is 1. The molecule has 0 fully saturated rings. The van der Waals surface area contributed by atoms with Crippen molar-refractivity contribution in [2.24, 2.45) is 4.99 Å². The van der Waals surface area contributed by atoms with E-state index < -0.39 is 0 Å². The fourth-order valence-electron chi connectivity index (χ4n) is 0.901. The van der Waals surface area contributed by atoms with Gasteiger partial charge in [0.25, 0.3) is 6.23 Å². The number of aliphatic hydroxyl groups excluding tert-OH is 1. The van der Waals surface area contributed by atoms with Crippen LogP contribution in [-0.2, 0) is 0 Å². The summed E-state index contributed by atoms with van der Waals surface area (Å²) in [4.78, 5) is 3.71. The molecule has 1 aromatic rings. The maximum absolute atomic E-state index is 8.72. The molecule has 1 radical (unpaired) electrons. The van der Waals surface area contributed by atoms with Crippen LogP contribution in [0, 0.1) is 6.23 Å². The Morgan fingerprint density at radius 1 is 1.43 bits per heavy atom. The van der Waals surface area contributed by atoms with Crippen molar-refractivity contribution in [3.8, 4) is 5.75 Å². The van der Waals surface area contributed by atoms with E-state index in [0.717, 1.165) is 0 Å². The largest absolute Gasteiger partial charge is 0.459 e. The number of aliphatic imine (C=N–C) groups is 1. The first-order chi connectivity index (χ1) is 6.86. The Bertz CT molecular complexity index is 309. The van der Waals surface area contributed by atoms with Gasteiger partial charge >= 0.3 is 0 Å². The van der Waals surface area contributed by atoms with E-state index in [1.54, 1.807) is 12.1 Å². The number of rotatable bonds is 5. The molecule has 0 aromatic heterocycles. The molecule has 14 heavy (non-hydrogen) atoms. The molecule has 4 heteroatoms. The number of para-hydroxylation sites is 1. The summed E-state index contributed by atoms with van der Waals surface area (Å²) in [6.07, 6.45) is 0.701. The van der Waals surface area contributed by atoms with E-state index in [9.17, 15) is 0 Å². The highest BCUT2D eigenvalue weighted by molar-refractivity contribution is 7.78. The van der Waals surface area contributed by atoms with Gasteiger partial charge in [0, 0.05) is 13.0 Å². The minimum Gasteiger partial charge on any atom is -0.459 e. The Labute approximate surface area is 88.1 Å². The van der Waals surface area contributed by atoms with Crippen molar-refractivity contribution in [1.29, 1.82) is 0 Å². The monoisotopic (exact) mass is 208 g/mol. The molecule has 0 amide bonds. The first kappa shape index (κ1) is 10.9. The minimum absolute atomic E-state index is 0.0251. The van der Waals surface area contributed by atoms with E-state index in [1.807, 2.05) is 18.2 Å². The molecule has 1 N–H and O–H groups in total. The van der Waals surface area contributed by atoms with Crippen LogP contribution in [0.5, 0.6) is 5.75 Å². The average molecular weight is 208 g/mol. The summed E-state index contributed by atoms with van der Waals surface area (Å²) < 4.78 is 5.36. The number of hydrogen-bond donors (Lipinski definition) is 1. The van der Waals surface area contributed by atoms with Gasteiger partial charge < -0.3 is 9.84 Å². The van der Waals surface area contributed by atoms with E-state index in [1.165, 1.54) is 0 Å². The van der Waals surface area contributed by atoms with Gasteiger partial charge in [-0.25, -0.2) is 0 Å². The van der Waals surface area contributed by atoms with E-state index in [2.05, 4.69) is 22.4 Å². The Kier molecular flexibility index (Phi) is 4.86. The normalized spacial score (nSPS) is 9.57. The maximum atomic E-state index is 8.72. The molecule has 1 rings (SSSR count). The fraction of sp³-hybridized carbons (Fsp3) is 0.200. The van der Waals surface area contributed by atoms with Gasteiger partial charge in [-0.2, -0.15) is 4.99 Å². The molecule has 0 aliphatic heterocycles. The topological polar surface area (TPSA) is 41.8 Å². The highest BCUT2D eigenvalue weighted by Gasteiger charge is 2.08. The number of hydrogen-bond acceptors (Lipinski definition) is 4. The predicted octanol–water partition coefficient (Wildman–Crippen LogP) is 2.04. The molecular formula is C10H10NO2S.